The first-order valence-electron chi connectivity index (χ1n) is 25.8. The predicted molar refractivity (Wildman–Crippen MR) is 316 cm³/mol. The molecule has 0 spiro atoms. The number of nitrogens with one attached hydrogen (secondary N) is 1. The average Bonchev–Trinajstić information content (AvgIpc) is 3.80. The second-order valence-electron chi connectivity index (χ2n) is 20.1. The van der Waals surface area contributed by atoms with E-state index in [1.807, 2.05) is 30.4 Å². The van der Waals surface area contributed by atoms with Crippen molar-refractivity contribution < 1.29 is 0 Å². The minimum atomic E-state index is -0.534. The highest BCUT2D eigenvalue weighted by Crippen LogP contribution is 2.58. The van der Waals surface area contributed by atoms with Crippen molar-refractivity contribution in [3.8, 4) is 11.1 Å². The van der Waals surface area contributed by atoms with Gasteiger partial charge < -0.3 is 5.32 Å². The quantitative estimate of drug-likeness (QED) is 0.108. The molecule has 1 N–H and O–H groups in total. The number of rotatable bonds is 14. The number of fused-ring (bicyclic) bond motifs is 3. The maximum Gasteiger partial charge on any atom is 0.145 e. The second kappa shape index (κ2) is 21.9. The molecule has 0 radical (unpaired) electrons. The van der Waals surface area contributed by atoms with E-state index in [9.17, 15) is 0 Å². The first kappa shape index (κ1) is 51.5. The minimum absolute atomic E-state index is 0.0200. The Bertz CT molecular complexity index is 3400. The average molecular weight is 953 g/mol. The van der Waals surface area contributed by atoms with E-state index in [0.29, 0.717) is 0 Å². The molecule has 366 valence electrons. The first-order valence-corrected chi connectivity index (χ1v) is 25.8. The summed E-state index contributed by atoms with van der Waals surface area (Å²) in [5, 5.41) is 3.64. The van der Waals surface area contributed by atoms with Crippen molar-refractivity contribution in [3.05, 3.63) is 302 Å². The van der Waals surface area contributed by atoms with Crippen LogP contribution in [0.4, 0.5) is 0 Å². The molecule has 2 atom stereocenters. The van der Waals surface area contributed by atoms with E-state index < -0.39 is 5.41 Å². The van der Waals surface area contributed by atoms with Crippen LogP contribution in [0.1, 0.15) is 128 Å². The largest absolute Gasteiger partial charge is 0.360 e. The van der Waals surface area contributed by atoms with Crippen LogP contribution in [0.15, 0.2) is 241 Å². The summed E-state index contributed by atoms with van der Waals surface area (Å²) < 4.78 is 0. The van der Waals surface area contributed by atoms with Gasteiger partial charge in [-0.25, -0.2) is 0 Å². The molecule has 0 aromatic heterocycles. The van der Waals surface area contributed by atoms with Gasteiger partial charge in [0, 0.05) is 16.8 Å². The lowest BCUT2D eigenvalue weighted by Crippen LogP contribution is -2.30. The Kier molecular flexibility index (Phi) is 15.5. The Morgan fingerprint density at radius 3 is 1.92 bits per heavy atom. The fraction of sp³-hybridized carbons (Fsp3) is 0.197. The minimum Gasteiger partial charge on any atom is -0.360 e. The molecule has 0 aliphatic heterocycles. The Morgan fingerprint density at radius 1 is 0.630 bits per heavy atom. The molecule has 2 unspecified atom stereocenters. The third-order valence-electron chi connectivity index (χ3n) is 15.3. The third kappa shape index (κ3) is 9.67. The van der Waals surface area contributed by atoms with Crippen LogP contribution in [0.5, 0.6) is 0 Å². The lowest BCUT2D eigenvalue weighted by atomic mass is 9.65. The zero-order valence-electron chi connectivity index (χ0n) is 44.8. The van der Waals surface area contributed by atoms with Gasteiger partial charge >= 0.3 is 0 Å². The maximum atomic E-state index is 5.37. The van der Waals surface area contributed by atoms with E-state index in [2.05, 4.69) is 258 Å². The molecule has 2 aliphatic carbocycles. The summed E-state index contributed by atoms with van der Waals surface area (Å²) in [6, 6.07) is 60.8. The van der Waals surface area contributed by atoms with Gasteiger partial charge in [-0.3, -0.25) is 4.99 Å². The number of benzene rings is 7. The Hall–Kier alpha value is -7.81. The molecular weight excluding hydrogens is 881 g/mol. The van der Waals surface area contributed by atoms with E-state index in [1.165, 1.54) is 89.1 Å². The van der Waals surface area contributed by atoms with Crippen molar-refractivity contribution in [2.75, 3.05) is 0 Å². The fourth-order valence-electron chi connectivity index (χ4n) is 11.9. The number of nitrogens with zero attached hydrogens (tertiary/aromatic N) is 1. The summed E-state index contributed by atoms with van der Waals surface area (Å²) in [5.41, 5.74) is 26.6. The highest BCUT2D eigenvalue weighted by Gasteiger charge is 2.47. The van der Waals surface area contributed by atoms with Gasteiger partial charge in [0.1, 0.15) is 6.17 Å². The lowest BCUT2D eigenvalue weighted by molar-refractivity contribution is 0.568. The molecular formula is C71H72N2. The van der Waals surface area contributed by atoms with Crippen molar-refractivity contribution in [2.45, 2.75) is 87.2 Å². The molecule has 0 heterocycles. The summed E-state index contributed by atoms with van der Waals surface area (Å²) in [4.78, 5) is 5.37. The molecule has 0 fully saturated rings. The van der Waals surface area contributed by atoms with Gasteiger partial charge in [0.2, 0.25) is 0 Å². The van der Waals surface area contributed by atoms with Gasteiger partial charge in [-0.05, 0) is 167 Å². The van der Waals surface area contributed by atoms with Gasteiger partial charge in [0.05, 0.1) is 5.41 Å². The van der Waals surface area contributed by atoms with E-state index >= 15 is 0 Å². The van der Waals surface area contributed by atoms with E-state index in [0.717, 1.165) is 40.1 Å². The summed E-state index contributed by atoms with van der Waals surface area (Å²) in [5.74, 6) is 0. The summed E-state index contributed by atoms with van der Waals surface area (Å²) in [6.07, 6.45) is 9.11. The maximum absolute atomic E-state index is 5.37. The molecule has 2 heteroatoms. The van der Waals surface area contributed by atoms with Gasteiger partial charge in [0.15, 0.2) is 0 Å². The highest BCUT2D eigenvalue weighted by atomic mass is 15.1. The van der Waals surface area contributed by atoms with Gasteiger partial charge in [-0.1, -0.05) is 234 Å². The Balaban J connectivity index is 0.000000240. The summed E-state index contributed by atoms with van der Waals surface area (Å²) in [7, 11) is 0. The van der Waals surface area contributed by atoms with E-state index in [1.54, 1.807) is 0 Å². The molecule has 0 saturated heterocycles. The molecule has 2 nitrogen and oxygen atoms in total. The van der Waals surface area contributed by atoms with Crippen molar-refractivity contribution in [2.24, 2.45) is 10.4 Å². The van der Waals surface area contributed by atoms with E-state index in [4.69, 9.17) is 4.99 Å². The molecule has 2 aliphatic rings. The molecule has 0 amide bonds. The zero-order valence-corrected chi connectivity index (χ0v) is 44.8. The Morgan fingerprint density at radius 2 is 1.26 bits per heavy atom. The summed E-state index contributed by atoms with van der Waals surface area (Å²) >= 11 is 0. The predicted octanol–water partition coefficient (Wildman–Crippen LogP) is 18.7. The van der Waals surface area contributed by atoms with Crippen molar-refractivity contribution in [1.82, 2.24) is 5.32 Å². The highest BCUT2D eigenvalue weighted by molar-refractivity contribution is 6.01. The number of aryl methyl sites for hydroxylation is 3. The smallest absolute Gasteiger partial charge is 0.145 e. The molecule has 7 aromatic carbocycles. The van der Waals surface area contributed by atoms with Crippen LogP contribution >= 0.6 is 0 Å². The Labute approximate surface area is 437 Å². The topological polar surface area (TPSA) is 24.4 Å². The van der Waals surface area contributed by atoms with Crippen molar-refractivity contribution in [3.63, 3.8) is 0 Å². The first-order chi connectivity index (χ1) is 35.2. The van der Waals surface area contributed by atoms with Crippen LogP contribution in [0.25, 0.3) is 28.5 Å². The van der Waals surface area contributed by atoms with Crippen molar-refractivity contribution in [1.29, 1.82) is 0 Å². The summed E-state index contributed by atoms with van der Waals surface area (Å²) in [6.45, 7) is 35.0. The van der Waals surface area contributed by atoms with Crippen LogP contribution in [0.2, 0.25) is 0 Å². The van der Waals surface area contributed by atoms with Crippen LogP contribution in [-0.2, 0) is 5.41 Å². The fourth-order valence-corrected chi connectivity index (χ4v) is 11.9. The number of hydrogen-bond acceptors (Lipinski definition) is 2. The van der Waals surface area contributed by atoms with Crippen LogP contribution in [-0.4, -0.2) is 5.71 Å². The molecule has 73 heavy (non-hydrogen) atoms. The molecule has 0 saturated carbocycles. The lowest BCUT2D eigenvalue weighted by Gasteiger charge is -2.36. The standard InChI is InChI=1S/C46H40N2.C25H32/c1-6-35-19-11-14-25-42(35)46(41-24-13-10-18-32(41)3)43-26-15-12-23-39(43)40-28-27-37(30-44(40)46)34(5)48-45(38-22-16-17-31(2)29-38)47-33(4)36-20-8-7-9-21-36;1-9-14-22-19(6)24(25(7,8)23(22)11-3)18(5)20(10-2)21-16-13-12-15-17(21)4/h6-30,45,47H,1,4H2,2-3,5H3;9,11-16H,3,10H2,1-2,4-8H3/b48-34+;14-9-,20-18+. The van der Waals surface area contributed by atoms with Crippen LogP contribution in [0, 0.1) is 26.2 Å². The SMILES string of the molecule is C=CC1=C(/C=C\C)C(C)=C(/C(C)=C(\CC)c2ccccc2C)C1(C)C.C=Cc1ccccc1C1(c2ccccc2C)c2ccccc2-c2ccc(/C(C)=N/C(NC(=C)c3ccccc3)c3cccc(C)c3)cc21. The van der Waals surface area contributed by atoms with Gasteiger partial charge in [-0.15, -0.1) is 0 Å². The normalized spacial score (nSPS) is 16.5. The van der Waals surface area contributed by atoms with Crippen LogP contribution in [0.3, 0.4) is 0 Å². The number of aliphatic imine (C=N–C) groups is 1. The van der Waals surface area contributed by atoms with Crippen LogP contribution < -0.4 is 5.32 Å². The van der Waals surface area contributed by atoms with Gasteiger partial charge in [0.25, 0.3) is 0 Å². The van der Waals surface area contributed by atoms with E-state index in [-0.39, 0.29) is 11.6 Å². The second-order valence-corrected chi connectivity index (χ2v) is 20.1. The third-order valence-corrected chi connectivity index (χ3v) is 15.3. The van der Waals surface area contributed by atoms with Gasteiger partial charge in [-0.2, -0.15) is 0 Å². The molecule has 9 rings (SSSR count). The van der Waals surface area contributed by atoms with Crippen molar-refractivity contribution >= 4 is 23.1 Å². The monoisotopic (exact) mass is 953 g/mol. The number of hydrogen-bond donors (Lipinski definition) is 1. The zero-order chi connectivity index (χ0) is 52.0. The molecule has 7 aromatic rings. The molecule has 0 bridgehead atoms. The number of allylic oxidation sites excluding steroid dienone is 9.